The molecular weight excluding hydrogens is 1380 g/mol. The summed E-state index contributed by atoms with van der Waals surface area (Å²) < 4.78 is 10.2. The van der Waals surface area contributed by atoms with Crippen LogP contribution in [-0.4, -0.2) is 63.0 Å². The van der Waals surface area contributed by atoms with Gasteiger partial charge in [0, 0.05) is 7.11 Å². The Labute approximate surface area is 565 Å². The van der Waals surface area contributed by atoms with Crippen molar-refractivity contribution < 1.29 is 8.54 Å². The molecule has 0 radical (unpaired) electrons. The van der Waals surface area contributed by atoms with Crippen molar-refractivity contribution in [3.63, 3.8) is 0 Å². The Hall–Kier alpha value is -1.37. The Bertz CT molecular complexity index is 2210. The Morgan fingerprint density at radius 1 is 0.395 bits per heavy atom. The van der Waals surface area contributed by atoms with Gasteiger partial charge in [-0.2, -0.15) is 0 Å². The molecule has 0 fully saturated rings. The molecule has 0 spiro atoms. The van der Waals surface area contributed by atoms with Gasteiger partial charge in [0.05, 0.1) is 24.2 Å². The van der Waals surface area contributed by atoms with Gasteiger partial charge in [-0.3, -0.25) is 0 Å². The van der Waals surface area contributed by atoms with Crippen molar-refractivity contribution in [3.8, 4) is 0 Å². The van der Waals surface area contributed by atoms with E-state index >= 15 is 0 Å². The van der Waals surface area contributed by atoms with Crippen molar-refractivity contribution in [2.75, 3.05) is 7.11 Å². The predicted molar refractivity (Wildman–Crippen MR) is 434 cm³/mol. The zero-order valence-electron chi connectivity index (χ0n) is 56.7. The third kappa shape index (κ3) is 29.9. The van der Waals surface area contributed by atoms with E-state index in [1.807, 2.05) is 7.11 Å². The minimum absolute atomic E-state index is 0. The van der Waals surface area contributed by atoms with E-state index in [-0.39, 0.29) is 7.43 Å². The van der Waals surface area contributed by atoms with Crippen LogP contribution in [0.25, 0.3) is 0 Å². The molecule has 0 aliphatic carbocycles. The molecule has 0 aliphatic heterocycles. The normalized spacial score (nSPS) is 14.0. The van der Waals surface area contributed by atoms with Crippen LogP contribution < -0.4 is 15.9 Å². The van der Waals surface area contributed by atoms with Crippen LogP contribution in [0.15, 0.2) is 205 Å². The van der Waals surface area contributed by atoms with Crippen molar-refractivity contribution in [3.05, 3.63) is 205 Å². The van der Waals surface area contributed by atoms with E-state index in [1.54, 1.807) is 0 Å². The van der Waals surface area contributed by atoms with Gasteiger partial charge in [-0.1, -0.05) is 154 Å². The number of benzene rings is 3. The summed E-state index contributed by atoms with van der Waals surface area (Å²) in [7, 11) is -7.05. The quantitative estimate of drug-likeness (QED) is 0.0245. The molecule has 0 N–H and O–H groups in total. The van der Waals surface area contributed by atoms with Crippen LogP contribution in [0.4, 0.5) is 0 Å². The van der Waals surface area contributed by atoms with Crippen LogP contribution >= 0.6 is 50.3 Å². The maximum Gasteiger partial charge on any atom is 0.186 e. The predicted octanol–water partition coefficient (Wildman–Crippen LogP) is 26.3. The minimum atomic E-state index is -2.75. The van der Waals surface area contributed by atoms with Crippen LogP contribution in [0.1, 0.15) is 68.2 Å². The number of halogens is 3. The summed E-state index contributed by atoms with van der Waals surface area (Å²) >= 11 is 12.2. The van der Waals surface area contributed by atoms with Gasteiger partial charge in [-0.05, 0) is 128 Å². The van der Waals surface area contributed by atoms with E-state index in [2.05, 4.69) is 339 Å². The molecule has 0 amide bonds. The van der Waals surface area contributed by atoms with Crippen molar-refractivity contribution in [2.24, 2.45) is 11.8 Å². The molecule has 0 aliphatic rings. The van der Waals surface area contributed by atoms with Gasteiger partial charge in [0.25, 0.3) is 0 Å². The Balaban J connectivity index is 0. The SMILES string of the molecule is BrP(Br)(c1ccccc1)(c1ccccc1)c1ccccc1.C.C=CC[Si](CC=C)(CC=C)CCC[Si](C)(C)Br.C=CC[Si](CC=C)(CC=C)CCC[Si](C)(C)OC.C=CC[Si](CC=C)(CC=C)CCC[Si](C)(C)O[Si](C)(C(C)C(C)C)C(C)C(C)C. The Morgan fingerprint density at radius 3 is 0.837 bits per heavy atom. The summed E-state index contributed by atoms with van der Waals surface area (Å²) in [6.45, 7) is 65.9. The van der Waals surface area contributed by atoms with Crippen molar-refractivity contribution in [1.29, 1.82) is 0 Å². The van der Waals surface area contributed by atoms with Gasteiger partial charge in [0.1, 0.15) is 6.69 Å². The summed E-state index contributed by atoms with van der Waals surface area (Å²) in [4.78, 5) is 0. The largest absolute Gasteiger partial charge is 0.455 e. The van der Waals surface area contributed by atoms with Gasteiger partial charge in [-0.25, -0.2) is 0 Å². The minimum Gasteiger partial charge on any atom is -0.455 e. The van der Waals surface area contributed by atoms with Gasteiger partial charge < -0.3 is 8.54 Å². The average Bonchev–Trinajstić information content (AvgIpc) is 0.827. The summed E-state index contributed by atoms with van der Waals surface area (Å²) in [5, 5.41) is 3.79. The third-order valence-corrected chi connectivity index (χ3v) is 59.6. The first kappa shape index (κ1) is 86.7. The zero-order valence-corrected chi connectivity index (χ0v) is 69.3. The van der Waals surface area contributed by atoms with Crippen molar-refractivity contribution in [2.45, 2.75) is 216 Å². The smallest absolute Gasteiger partial charge is 0.186 e. The molecule has 86 heavy (non-hydrogen) atoms. The van der Waals surface area contributed by atoms with E-state index in [4.69, 9.17) is 8.54 Å². The first-order chi connectivity index (χ1) is 39.8. The number of rotatable bonds is 40. The van der Waals surface area contributed by atoms with E-state index in [0.717, 1.165) is 0 Å². The van der Waals surface area contributed by atoms with Gasteiger partial charge in [0.15, 0.2) is 25.0 Å². The molecule has 2 nitrogen and oxygen atoms in total. The topological polar surface area (TPSA) is 18.5 Å². The molecule has 13 heteroatoms. The summed E-state index contributed by atoms with van der Waals surface area (Å²) in [5.41, 5.74) is 1.37. The van der Waals surface area contributed by atoms with Gasteiger partial charge >= 0.3 is 142 Å². The molecule has 486 valence electrons. The van der Waals surface area contributed by atoms with Gasteiger partial charge in [0.2, 0.25) is 0 Å². The standard InChI is InChI=1S/C25H52OSi3.C18H15Br2P.C15H30OSi2.C14H27BrSi2.CH4/c1-13-17-29(18-14-2,19-15-3)21-16-20-27(10,11)26-28(12,24(8)22(4)5)25(9)23(6)7;19-21(20,16-10-4-1-5-11-16,17-12-6-2-7-13-17)18-14-8-3-9-15-18;1-7-11-18(12-8-2,13-9-3)15-10-14-17(5,6)16-4;1-6-10-17(11-7-2,12-8-3)14-9-13-16(4,5)15;/h13-15,22-25H,1-3,16-21H2,4-12H3;1-15H;7-9H,1-3,10-15H2,4-6H3;6-8H,1-3,9-14H2,4-5H3;1H4. The van der Waals surface area contributed by atoms with Gasteiger partial charge in [-0.15, -0.1) is 74.5 Å². The fourth-order valence-electron chi connectivity index (χ4n) is 12.3. The molecule has 2 unspecified atom stereocenters. The van der Waals surface area contributed by atoms with E-state index < -0.39 is 59.9 Å². The summed E-state index contributed by atoms with van der Waals surface area (Å²) in [6.07, 6.45) is 22.9. The molecule has 3 rings (SSSR count). The van der Waals surface area contributed by atoms with Crippen LogP contribution in [0.3, 0.4) is 0 Å². The number of hydrogen-bond donors (Lipinski definition) is 0. The van der Waals surface area contributed by atoms with E-state index in [1.165, 1.54) is 126 Å². The van der Waals surface area contributed by atoms with Crippen LogP contribution in [0.2, 0.25) is 148 Å². The summed E-state index contributed by atoms with van der Waals surface area (Å²) in [6, 6.07) is 50.4. The van der Waals surface area contributed by atoms with Crippen molar-refractivity contribution >= 4 is 122 Å². The maximum absolute atomic E-state index is 7.30. The van der Waals surface area contributed by atoms with Crippen LogP contribution in [-0.2, 0) is 8.54 Å². The van der Waals surface area contributed by atoms with Crippen molar-refractivity contribution in [1.82, 2.24) is 0 Å². The first-order valence-corrected chi connectivity index (χ1v) is 60.8. The summed E-state index contributed by atoms with van der Waals surface area (Å²) in [5.74, 6) is 1.37. The van der Waals surface area contributed by atoms with Crippen LogP contribution in [0.5, 0.6) is 0 Å². The Morgan fingerprint density at radius 2 is 0.628 bits per heavy atom. The monoisotopic (exact) mass is 1500 g/mol. The average molecular weight is 1510 g/mol. The molecule has 0 saturated carbocycles. The zero-order chi connectivity index (χ0) is 65.1. The van der Waals surface area contributed by atoms with E-state index in [9.17, 15) is 0 Å². The number of hydrogen-bond acceptors (Lipinski definition) is 2. The fourth-order valence-corrected chi connectivity index (χ4v) is 46.5. The molecule has 3 aromatic carbocycles. The van der Waals surface area contributed by atoms with Crippen LogP contribution in [0, 0.1) is 11.8 Å². The molecule has 3 aromatic rings. The second-order valence-corrected chi connectivity index (χ2v) is 79.9. The fraction of sp³-hybridized carbons (Fsp3) is 0.507. The molecule has 0 saturated heterocycles. The Kier molecular flexibility index (Phi) is 43.0. The maximum atomic E-state index is 7.30. The number of allylic oxidation sites excluding steroid dienone is 9. The second-order valence-electron chi connectivity index (χ2n) is 27.2. The molecule has 0 aromatic heterocycles. The second kappa shape index (κ2) is 42.7. The molecule has 2 atom stereocenters. The molecular formula is C73H128Br3O2PSi7. The van der Waals surface area contributed by atoms with E-state index in [0.29, 0.717) is 22.9 Å². The molecule has 0 bridgehead atoms. The first-order valence-electron chi connectivity index (χ1n) is 31.8. The molecule has 0 heterocycles. The third-order valence-electron chi connectivity index (χ3n) is 18.1.